The zero-order valence-corrected chi connectivity index (χ0v) is 13.6. The van der Waals surface area contributed by atoms with Crippen molar-refractivity contribution in [3.8, 4) is 0 Å². The third kappa shape index (κ3) is 2.89. The lowest BCUT2D eigenvalue weighted by molar-refractivity contribution is -0.130. The fraction of sp³-hybridized carbons (Fsp3) is 0.611. The standard InChI is InChI=1S/C18H22FN3O2/c19-12-4-5-14(20-10-12)8-16(23)22-7-6-18(11-22)9-15(18)17(24)21-13-2-1-3-13/h4-5,10,13,15H,1-3,6-9,11H2,(H,21,24)/t15-,18-/m0/s1. The van der Waals surface area contributed by atoms with Gasteiger partial charge in [-0.25, -0.2) is 4.39 Å². The summed E-state index contributed by atoms with van der Waals surface area (Å²) in [5, 5.41) is 3.13. The van der Waals surface area contributed by atoms with Crippen LogP contribution in [0.25, 0.3) is 0 Å². The van der Waals surface area contributed by atoms with Gasteiger partial charge in [-0.05, 0) is 44.2 Å². The lowest BCUT2D eigenvalue weighted by atomic mass is 9.92. The summed E-state index contributed by atoms with van der Waals surface area (Å²) >= 11 is 0. The fourth-order valence-corrected chi connectivity index (χ4v) is 3.91. The Morgan fingerprint density at radius 2 is 2.21 bits per heavy atom. The van der Waals surface area contributed by atoms with Crippen LogP contribution < -0.4 is 5.32 Å². The number of nitrogens with zero attached hydrogens (tertiary/aromatic N) is 2. The van der Waals surface area contributed by atoms with E-state index < -0.39 is 5.82 Å². The highest BCUT2D eigenvalue weighted by molar-refractivity contribution is 5.84. The van der Waals surface area contributed by atoms with E-state index in [1.54, 1.807) is 6.07 Å². The van der Waals surface area contributed by atoms with Gasteiger partial charge in [0.05, 0.1) is 12.6 Å². The van der Waals surface area contributed by atoms with E-state index in [2.05, 4.69) is 10.3 Å². The minimum atomic E-state index is -0.398. The molecule has 1 aliphatic heterocycles. The highest BCUT2D eigenvalue weighted by Gasteiger charge is 2.61. The minimum Gasteiger partial charge on any atom is -0.353 e. The first kappa shape index (κ1) is 15.5. The van der Waals surface area contributed by atoms with E-state index in [-0.39, 0.29) is 29.6 Å². The summed E-state index contributed by atoms with van der Waals surface area (Å²) in [4.78, 5) is 30.5. The van der Waals surface area contributed by atoms with Crippen LogP contribution in [0.4, 0.5) is 4.39 Å². The number of carbonyl (C=O) groups excluding carboxylic acids is 2. The lowest BCUT2D eigenvalue weighted by Crippen LogP contribution is -2.41. The number of carbonyl (C=O) groups is 2. The van der Waals surface area contributed by atoms with Crippen molar-refractivity contribution in [1.82, 2.24) is 15.2 Å². The molecule has 6 heteroatoms. The zero-order valence-electron chi connectivity index (χ0n) is 13.6. The quantitative estimate of drug-likeness (QED) is 0.913. The van der Waals surface area contributed by atoms with E-state index in [4.69, 9.17) is 0 Å². The van der Waals surface area contributed by atoms with Gasteiger partial charge in [-0.1, -0.05) is 0 Å². The van der Waals surface area contributed by atoms with E-state index in [1.165, 1.54) is 12.5 Å². The average Bonchev–Trinajstić information content (AvgIpc) is 3.05. The number of rotatable bonds is 4. The normalized spacial score (nSPS) is 28.7. The maximum Gasteiger partial charge on any atom is 0.228 e. The van der Waals surface area contributed by atoms with Gasteiger partial charge in [0.1, 0.15) is 5.82 Å². The Bertz CT molecular complexity index is 659. The molecule has 1 spiro atoms. The Morgan fingerprint density at radius 1 is 1.38 bits per heavy atom. The fourth-order valence-electron chi connectivity index (χ4n) is 3.91. The van der Waals surface area contributed by atoms with Crippen molar-refractivity contribution in [2.75, 3.05) is 13.1 Å². The van der Waals surface area contributed by atoms with Gasteiger partial charge in [0.2, 0.25) is 11.8 Å². The van der Waals surface area contributed by atoms with Crippen LogP contribution >= 0.6 is 0 Å². The molecule has 2 saturated carbocycles. The minimum absolute atomic E-state index is 0.000283. The van der Waals surface area contributed by atoms with Crippen molar-refractivity contribution in [3.63, 3.8) is 0 Å². The second-order valence-electron chi connectivity index (χ2n) is 7.47. The number of hydrogen-bond acceptors (Lipinski definition) is 3. The Kier molecular flexibility index (Phi) is 3.77. The van der Waals surface area contributed by atoms with Gasteiger partial charge in [0.15, 0.2) is 0 Å². The van der Waals surface area contributed by atoms with Gasteiger partial charge in [-0.2, -0.15) is 0 Å². The molecule has 1 aromatic rings. The summed E-state index contributed by atoms with van der Waals surface area (Å²) in [6.45, 7) is 1.36. The van der Waals surface area contributed by atoms with E-state index in [0.29, 0.717) is 24.8 Å². The van der Waals surface area contributed by atoms with Crippen LogP contribution in [0.5, 0.6) is 0 Å². The molecule has 0 bridgehead atoms. The smallest absolute Gasteiger partial charge is 0.228 e. The van der Waals surface area contributed by atoms with Gasteiger partial charge in [0.25, 0.3) is 0 Å². The molecule has 1 N–H and O–H groups in total. The van der Waals surface area contributed by atoms with Gasteiger partial charge in [0, 0.05) is 36.2 Å². The number of hydrogen-bond donors (Lipinski definition) is 1. The summed E-state index contributed by atoms with van der Waals surface area (Å²) in [5.74, 6) is -0.144. The Morgan fingerprint density at radius 3 is 2.88 bits per heavy atom. The second-order valence-corrected chi connectivity index (χ2v) is 7.47. The monoisotopic (exact) mass is 331 g/mol. The van der Waals surface area contributed by atoms with Gasteiger partial charge in [-0.15, -0.1) is 0 Å². The summed E-state index contributed by atoms with van der Waals surface area (Å²) < 4.78 is 12.9. The molecule has 5 nitrogen and oxygen atoms in total. The molecule has 128 valence electrons. The number of halogens is 1. The first-order valence-electron chi connectivity index (χ1n) is 8.74. The maximum absolute atomic E-state index is 12.9. The predicted octanol–water partition coefficient (Wildman–Crippen LogP) is 1.67. The Hall–Kier alpha value is -1.98. The molecule has 3 aliphatic rings. The molecule has 24 heavy (non-hydrogen) atoms. The van der Waals surface area contributed by atoms with Crippen LogP contribution in [-0.4, -0.2) is 40.8 Å². The molecule has 3 fully saturated rings. The predicted molar refractivity (Wildman–Crippen MR) is 85.4 cm³/mol. The van der Waals surface area contributed by atoms with E-state index in [9.17, 15) is 14.0 Å². The number of pyridine rings is 1. The number of likely N-dealkylation sites (tertiary alicyclic amines) is 1. The second kappa shape index (κ2) is 5.83. The van der Waals surface area contributed by atoms with Crippen molar-refractivity contribution in [2.24, 2.45) is 11.3 Å². The van der Waals surface area contributed by atoms with Crippen molar-refractivity contribution in [2.45, 2.75) is 44.6 Å². The molecule has 2 heterocycles. The molecule has 1 saturated heterocycles. The van der Waals surface area contributed by atoms with Crippen LogP contribution in [0.2, 0.25) is 0 Å². The van der Waals surface area contributed by atoms with E-state index in [1.807, 2.05) is 4.90 Å². The van der Waals surface area contributed by atoms with Crippen LogP contribution in [0.1, 0.15) is 37.8 Å². The van der Waals surface area contributed by atoms with Gasteiger partial charge < -0.3 is 10.2 Å². The molecule has 2 aliphatic carbocycles. The highest BCUT2D eigenvalue weighted by Crippen LogP contribution is 2.58. The lowest BCUT2D eigenvalue weighted by Gasteiger charge is -2.26. The Labute approximate surface area is 140 Å². The maximum atomic E-state index is 12.9. The SMILES string of the molecule is O=C(NC1CCC1)[C@@H]1C[C@]12CCN(C(=O)Cc1ccc(F)cn1)C2. The molecule has 1 aromatic heterocycles. The van der Waals surface area contributed by atoms with Crippen molar-refractivity contribution >= 4 is 11.8 Å². The van der Waals surface area contributed by atoms with Crippen LogP contribution in [0.15, 0.2) is 18.3 Å². The third-order valence-corrected chi connectivity index (χ3v) is 5.82. The van der Waals surface area contributed by atoms with Crippen molar-refractivity contribution < 1.29 is 14.0 Å². The summed E-state index contributed by atoms with van der Waals surface area (Å²) in [5.41, 5.74) is 0.581. The molecule has 2 amide bonds. The molecule has 0 unspecified atom stereocenters. The van der Waals surface area contributed by atoms with Crippen molar-refractivity contribution in [1.29, 1.82) is 0 Å². The summed E-state index contributed by atoms with van der Waals surface area (Å²) in [6, 6.07) is 3.24. The molecule has 4 rings (SSSR count). The van der Waals surface area contributed by atoms with Gasteiger partial charge >= 0.3 is 0 Å². The first-order chi connectivity index (χ1) is 11.6. The molecular formula is C18H22FN3O2. The number of amides is 2. The molecule has 0 radical (unpaired) electrons. The van der Waals surface area contributed by atoms with Crippen LogP contribution in [-0.2, 0) is 16.0 Å². The zero-order chi connectivity index (χ0) is 16.7. The molecular weight excluding hydrogens is 309 g/mol. The van der Waals surface area contributed by atoms with E-state index >= 15 is 0 Å². The summed E-state index contributed by atoms with van der Waals surface area (Å²) in [6.07, 6.45) is 6.52. The topological polar surface area (TPSA) is 62.3 Å². The largest absolute Gasteiger partial charge is 0.353 e. The van der Waals surface area contributed by atoms with Gasteiger partial charge in [-0.3, -0.25) is 14.6 Å². The van der Waals surface area contributed by atoms with E-state index in [0.717, 1.165) is 31.9 Å². The Balaban J connectivity index is 1.31. The number of nitrogens with one attached hydrogen (secondary N) is 1. The van der Waals surface area contributed by atoms with Crippen LogP contribution in [0.3, 0.4) is 0 Å². The highest BCUT2D eigenvalue weighted by atomic mass is 19.1. The third-order valence-electron chi connectivity index (χ3n) is 5.82. The first-order valence-corrected chi connectivity index (χ1v) is 8.74. The van der Waals surface area contributed by atoms with Crippen molar-refractivity contribution in [3.05, 3.63) is 29.8 Å². The average molecular weight is 331 g/mol. The summed E-state index contributed by atoms with van der Waals surface area (Å²) in [7, 11) is 0. The molecule has 0 aromatic carbocycles. The molecule has 2 atom stereocenters. The number of aromatic nitrogens is 1. The van der Waals surface area contributed by atoms with Crippen LogP contribution in [0, 0.1) is 17.2 Å².